The van der Waals surface area contributed by atoms with Crippen molar-refractivity contribution in [3.05, 3.63) is 17.1 Å². The zero-order valence-electron chi connectivity index (χ0n) is 12.6. The molecule has 0 radical (unpaired) electrons. The number of sulfonamides is 1. The fourth-order valence-electron chi connectivity index (χ4n) is 2.04. The number of methoxy groups -OCH3 is 1. The van der Waals surface area contributed by atoms with Crippen molar-refractivity contribution in [3.8, 4) is 0 Å². The maximum Gasteiger partial charge on any atom is 0.244 e. The molecule has 7 heteroatoms. The lowest BCUT2D eigenvalue weighted by atomic mass is 10.1. The van der Waals surface area contributed by atoms with E-state index in [0.717, 1.165) is 0 Å². The van der Waals surface area contributed by atoms with Crippen LogP contribution in [0.2, 0.25) is 0 Å². The quantitative estimate of drug-likeness (QED) is 0.793. The molecular weight excluding hydrogens is 282 g/mol. The molecule has 116 valence electrons. The monoisotopic (exact) mass is 305 g/mol. The van der Waals surface area contributed by atoms with Gasteiger partial charge in [-0.15, -0.1) is 0 Å². The number of hydrogen-bond acceptors (Lipinski definition) is 5. The summed E-state index contributed by atoms with van der Waals surface area (Å²) in [6.45, 7) is 6.92. The van der Waals surface area contributed by atoms with Crippen molar-refractivity contribution in [2.45, 2.75) is 45.2 Å². The van der Waals surface area contributed by atoms with Crippen molar-refractivity contribution in [2.24, 2.45) is 5.92 Å². The summed E-state index contributed by atoms with van der Waals surface area (Å²) in [6, 6.07) is -0.342. The lowest BCUT2D eigenvalue weighted by Gasteiger charge is -2.21. The zero-order valence-corrected chi connectivity index (χ0v) is 13.4. The lowest BCUT2D eigenvalue weighted by molar-refractivity contribution is 0.157. The number of ether oxygens (including phenoxy) is 1. The van der Waals surface area contributed by atoms with Gasteiger partial charge < -0.3 is 14.3 Å². The summed E-state index contributed by atoms with van der Waals surface area (Å²) in [5, 5.41) is 9.35. The largest absolute Gasteiger partial charge is 0.465 e. The third-order valence-corrected chi connectivity index (χ3v) is 4.89. The van der Waals surface area contributed by atoms with Gasteiger partial charge in [-0.05, 0) is 19.8 Å². The van der Waals surface area contributed by atoms with Crippen LogP contribution in [0.4, 0.5) is 0 Å². The van der Waals surface area contributed by atoms with Gasteiger partial charge in [-0.3, -0.25) is 0 Å². The van der Waals surface area contributed by atoms with E-state index in [1.165, 1.54) is 7.11 Å². The summed E-state index contributed by atoms with van der Waals surface area (Å²) in [6.07, 6.45) is 0. The average molecular weight is 305 g/mol. The van der Waals surface area contributed by atoms with Gasteiger partial charge in [0.2, 0.25) is 10.0 Å². The molecule has 0 fully saturated rings. The minimum absolute atomic E-state index is 0.0271. The maximum atomic E-state index is 12.5. The minimum atomic E-state index is -3.76. The number of furan rings is 1. The van der Waals surface area contributed by atoms with Gasteiger partial charge in [0.25, 0.3) is 0 Å². The van der Waals surface area contributed by atoms with E-state index < -0.39 is 10.0 Å². The van der Waals surface area contributed by atoms with Gasteiger partial charge in [0.05, 0.1) is 13.2 Å². The van der Waals surface area contributed by atoms with Gasteiger partial charge >= 0.3 is 0 Å². The Morgan fingerprint density at radius 1 is 1.30 bits per heavy atom. The molecule has 0 aliphatic rings. The standard InChI is InChI=1S/C13H23NO5S/c1-8(2)12(7-18-5)14-20(16,17)13-10(4)19-9(3)11(13)6-15/h8,12,14-15H,6-7H2,1-5H3. The van der Waals surface area contributed by atoms with Crippen molar-refractivity contribution in [1.82, 2.24) is 4.72 Å². The SMILES string of the molecule is COCC(NS(=O)(=O)c1c(C)oc(C)c1CO)C(C)C. The highest BCUT2D eigenvalue weighted by atomic mass is 32.2. The first-order valence-electron chi connectivity index (χ1n) is 6.45. The molecule has 1 atom stereocenters. The first-order valence-corrected chi connectivity index (χ1v) is 7.93. The van der Waals surface area contributed by atoms with Crippen LogP contribution >= 0.6 is 0 Å². The molecule has 20 heavy (non-hydrogen) atoms. The highest BCUT2D eigenvalue weighted by molar-refractivity contribution is 7.89. The van der Waals surface area contributed by atoms with Crippen LogP contribution in [0.25, 0.3) is 0 Å². The third-order valence-electron chi connectivity index (χ3n) is 3.21. The van der Waals surface area contributed by atoms with Crippen LogP contribution in [0, 0.1) is 19.8 Å². The Morgan fingerprint density at radius 3 is 2.35 bits per heavy atom. The summed E-state index contributed by atoms with van der Waals surface area (Å²) in [5.41, 5.74) is 0.301. The molecule has 6 nitrogen and oxygen atoms in total. The Balaban J connectivity index is 3.17. The predicted octanol–water partition coefficient (Wildman–Crippen LogP) is 1.34. The number of aliphatic hydroxyl groups is 1. The molecule has 0 aliphatic heterocycles. The molecule has 0 saturated heterocycles. The van der Waals surface area contributed by atoms with Crippen LogP contribution in [0.15, 0.2) is 9.31 Å². The van der Waals surface area contributed by atoms with Gasteiger partial charge in [0.15, 0.2) is 0 Å². The van der Waals surface area contributed by atoms with Crippen LogP contribution in [0.3, 0.4) is 0 Å². The first kappa shape index (κ1) is 17.2. The smallest absolute Gasteiger partial charge is 0.244 e. The molecule has 0 saturated carbocycles. The lowest BCUT2D eigenvalue weighted by Crippen LogP contribution is -2.41. The van der Waals surface area contributed by atoms with Gasteiger partial charge in [-0.2, -0.15) is 0 Å². The van der Waals surface area contributed by atoms with Gasteiger partial charge in [0.1, 0.15) is 16.4 Å². The molecule has 1 aromatic rings. The molecule has 2 N–H and O–H groups in total. The molecule has 0 bridgehead atoms. The summed E-state index contributed by atoms with van der Waals surface area (Å²) < 4.78 is 38.0. The molecular formula is C13H23NO5S. The summed E-state index contributed by atoms with van der Waals surface area (Å²) >= 11 is 0. The van der Waals surface area contributed by atoms with E-state index in [0.29, 0.717) is 11.3 Å². The van der Waals surface area contributed by atoms with Crippen LogP contribution in [0.1, 0.15) is 30.9 Å². The summed E-state index contributed by atoms with van der Waals surface area (Å²) in [7, 11) is -2.24. The van der Waals surface area contributed by atoms with Gasteiger partial charge in [-0.25, -0.2) is 13.1 Å². The molecule has 0 aromatic carbocycles. The highest BCUT2D eigenvalue weighted by Gasteiger charge is 2.29. The van der Waals surface area contributed by atoms with Crippen LogP contribution in [-0.4, -0.2) is 33.3 Å². The van der Waals surface area contributed by atoms with Crippen molar-refractivity contribution in [1.29, 1.82) is 0 Å². The number of nitrogens with one attached hydrogen (secondary N) is 1. The summed E-state index contributed by atoms with van der Waals surface area (Å²) in [4.78, 5) is 0.0271. The normalized spacial score (nSPS) is 13.9. The van der Waals surface area contributed by atoms with Crippen molar-refractivity contribution >= 4 is 10.0 Å². The van der Waals surface area contributed by atoms with E-state index >= 15 is 0 Å². The Morgan fingerprint density at radius 2 is 1.90 bits per heavy atom. The molecule has 1 heterocycles. The van der Waals surface area contributed by atoms with Crippen molar-refractivity contribution < 1.29 is 22.7 Å². The highest BCUT2D eigenvalue weighted by Crippen LogP contribution is 2.27. The van der Waals surface area contributed by atoms with Crippen molar-refractivity contribution in [2.75, 3.05) is 13.7 Å². The van der Waals surface area contributed by atoms with E-state index in [-0.39, 0.29) is 35.8 Å². The average Bonchev–Trinajstić information content (AvgIpc) is 2.63. The molecule has 1 unspecified atom stereocenters. The maximum absolute atomic E-state index is 12.5. The fourth-order valence-corrected chi connectivity index (χ4v) is 3.85. The van der Waals surface area contributed by atoms with Crippen LogP contribution in [0.5, 0.6) is 0 Å². The third kappa shape index (κ3) is 3.60. The number of rotatable bonds is 7. The van der Waals surface area contributed by atoms with E-state index in [1.807, 2.05) is 13.8 Å². The van der Waals surface area contributed by atoms with Gasteiger partial charge in [-0.1, -0.05) is 13.8 Å². The van der Waals surface area contributed by atoms with E-state index in [2.05, 4.69) is 4.72 Å². The second-order valence-corrected chi connectivity index (χ2v) is 6.76. The van der Waals surface area contributed by atoms with E-state index in [1.54, 1.807) is 13.8 Å². The van der Waals surface area contributed by atoms with Crippen LogP contribution in [-0.2, 0) is 21.4 Å². The van der Waals surface area contributed by atoms with E-state index in [4.69, 9.17) is 9.15 Å². The molecule has 1 aromatic heterocycles. The Labute approximate surface area is 120 Å². The van der Waals surface area contributed by atoms with Crippen LogP contribution < -0.4 is 4.72 Å². The molecule has 1 rings (SSSR count). The number of aliphatic hydroxyl groups excluding tert-OH is 1. The Bertz CT molecular complexity index is 547. The molecule has 0 amide bonds. The zero-order chi connectivity index (χ0) is 15.5. The Kier molecular flexibility index (Phi) is 5.76. The number of hydrogen-bond donors (Lipinski definition) is 2. The second-order valence-electron chi connectivity index (χ2n) is 5.11. The molecule has 0 aliphatic carbocycles. The first-order chi connectivity index (χ1) is 9.24. The fraction of sp³-hybridized carbons (Fsp3) is 0.692. The van der Waals surface area contributed by atoms with Crippen molar-refractivity contribution in [3.63, 3.8) is 0 Å². The Hall–Kier alpha value is -0.890. The summed E-state index contributed by atoms with van der Waals surface area (Å²) in [5.74, 6) is 0.771. The van der Waals surface area contributed by atoms with E-state index in [9.17, 15) is 13.5 Å². The van der Waals surface area contributed by atoms with Gasteiger partial charge in [0, 0.05) is 18.7 Å². The topological polar surface area (TPSA) is 88.8 Å². The molecule has 0 spiro atoms. The number of aryl methyl sites for hydroxylation is 2. The predicted molar refractivity (Wildman–Crippen MR) is 74.9 cm³/mol. The second kappa shape index (κ2) is 6.71. The minimum Gasteiger partial charge on any atom is -0.465 e.